The molecule has 0 aliphatic carbocycles. The Balaban J connectivity index is 4.65. The summed E-state index contributed by atoms with van der Waals surface area (Å²) in [5.41, 5.74) is 5.31. The Hall–Kier alpha value is -3.22. The summed E-state index contributed by atoms with van der Waals surface area (Å²) in [5, 5.41) is 32.6. The van der Waals surface area contributed by atoms with Crippen molar-refractivity contribution in [2.24, 2.45) is 5.73 Å². The fourth-order valence-electron chi connectivity index (χ4n) is 1.73. The van der Waals surface area contributed by atoms with Gasteiger partial charge < -0.3 is 37.0 Å². The molecule has 0 heterocycles. The van der Waals surface area contributed by atoms with Crippen LogP contribution < -0.4 is 21.7 Å². The molecule has 0 fully saturated rings. The van der Waals surface area contributed by atoms with Gasteiger partial charge in [-0.3, -0.25) is 19.2 Å². The molecule has 3 atom stereocenters. The fraction of sp³-hybridized carbons (Fsp3) is 0.571. The standard InChI is InChI=1S/C14H22N4O9/c1-6(15)12(23)18-7(13(24)25)2-3-9(19)17-8(14(26)27)4-10(20)16-5-11(21)22/h6-8H,2-5,15H2,1H3,(H,16,20)(H,17,19)(H,18,23)(H,21,22)(H,24,25)(H,26,27). The second-order valence-corrected chi connectivity index (χ2v) is 5.56. The third-order valence-corrected chi connectivity index (χ3v) is 3.15. The number of rotatable bonds is 12. The molecule has 0 saturated heterocycles. The molecule has 13 nitrogen and oxygen atoms in total. The van der Waals surface area contributed by atoms with Crippen LogP contribution in [0.3, 0.4) is 0 Å². The van der Waals surface area contributed by atoms with Crippen molar-refractivity contribution < 1.29 is 44.1 Å². The number of carboxylic acid groups (broad SMARTS) is 3. The normalized spacial score (nSPS) is 13.6. The highest BCUT2D eigenvalue weighted by Crippen LogP contribution is 2.01. The van der Waals surface area contributed by atoms with E-state index >= 15 is 0 Å². The van der Waals surface area contributed by atoms with E-state index in [2.05, 4.69) is 5.32 Å². The van der Waals surface area contributed by atoms with Crippen molar-refractivity contribution in [2.75, 3.05) is 6.54 Å². The van der Waals surface area contributed by atoms with Gasteiger partial charge in [-0.1, -0.05) is 0 Å². The molecule has 3 unspecified atom stereocenters. The van der Waals surface area contributed by atoms with E-state index in [4.69, 9.17) is 21.1 Å². The van der Waals surface area contributed by atoms with Crippen molar-refractivity contribution in [1.29, 1.82) is 0 Å². The summed E-state index contributed by atoms with van der Waals surface area (Å²) >= 11 is 0. The molecule has 0 aromatic carbocycles. The van der Waals surface area contributed by atoms with E-state index in [0.717, 1.165) is 0 Å². The molecule has 8 N–H and O–H groups in total. The number of amides is 3. The van der Waals surface area contributed by atoms with Gasteiger partial charge in [-0.2, -0.15) is 0 Å². The number of carboxylic acids is 3. The topological polar surface area (TPSA) is 225 Å². The molecule has 0 rings (SSSR count). The molecule has 0 spiro atoms. The van der Waals surface area contributed by atoms with E-state index in [9.17, 15) is 28.8 Å². The van der Waals surface area contributed by atoms with Gasteiger partial charge in [0.25, 0.3) is 0 Å². The predicted octanol–water partition coefficient (Wildman–Crippen LogP) is -3.16. The van der Waals surface area contributed by atoms with Crippen molar-refractivity contribution in [2.45, 2.75) is 44.3 Å². The highest BCUT2D eigenvalue weighted by atomic mass is 16.4. The summed E-state index contributed by atoms with van der Waals surface area (Å²) in [6.07, 6.45) is -1.49. The Morgan fingerprint density at radius 1 is 0.889 bits per heavy atom. The SMILES string of the molecule is CC(N)C(=O)NC(CCC(=O)NC(CC(=O)NCC(=O)O)C(=O)O)C(=O)O. The maximum atomic E-state index is 11.8. The predicted molar refractivity (Wildman–Crippen MR) is 87.3 cm³/mol. The third-order valence-electron chi connectivity index (χ3n) is 3.15. The molecule has 27 heavy (non-hydrogen) atoms. The van der Waals surface area contributed by atoms with Crippen LogP contribution in [0.15, 0.2) is 0 Å². The van der Waals surface area contributed by atoms with Crippen molar-refractivity contribution in [3.05, 3.63) is 0 Å². The van der Waals surface area contributed by atoms with Gasteiger partial charge in [-0.25, -0.2) is 9.59 Å². The molecular weight excluding hydrogens is 368 g/mol. The zero-order valence-corrected chi connectivity index (χ0v) is 14.4. The lowest BCUT2D eigenvalue weighted by atomic mass is 10.1. The van der Waals surface area contributed by atoms with Gasteiger partial charge in [0.15, 0.2) is 0 Å². The Morgan fingerprint density at radius 3 is 1.89 bits per heavy atom. The maximum Gasteiger partial charge on any atom is 0.326 e. The number of carbonyl (C=O) groups is 6. The summed E-state index contributed by atoms with van der Waals surface area (Å²) in [4.78, 5) is 67.2. The second kappa shape index (κ2) is 11.4. The smallest absolute Gasteiger partial charge is 0.326 e. The van der Waals surface area contributed by atoms with Crippen LogP contribution in [0.1, 0.15) is 26.2 Å². The average Bonchev–Trinajstić information content (AvgIpc) is 2.55. The first-order chi connectivity index (χ1) is 12.4. The zero-order valence-electron chi connectivity index (χ0n) is 14.4. The van der Waals surface area contributed by atoms with Crippen molar-refractivity contribution in [3.63, 3.8) is 0 Å². The summed E-state index contributed by atoms with van der Waals surface area (Å²) < 4.78 is 0. The minimum absolute atomic E-state index is 0.336. The molecule has 0 aliphatic heterocycles. The van der Waals surface area contributed by atoms with Crippen LogP contribution in [0.5, 0.6) is 0 Å². The van der Waals surface area contributed by atoms with Crippen molar-refractivity contribution in [3.8, 4) is 0 Å². The summed E-state index contributed by atoms with van der Waals surface area (Å²) in [6, 6.07) is -3.99. The Labute approximate surface area is 153 Å². The molecule has 0 aromatic rings. The van der Waals surface area contributed by atoms with Gasteiger partial charge >= 0.3 is 17.9 Å². The van der Waals surface area contributed by atoms with Crippen molar-refractivity contribution >= 4 is 35.6 Å². The number of nitrogens with two attached hydrogens (primary N) is 1. The molecule has 13 heteroatoms. The minimum Gasteiger partial charge on any atom is -0.480 e. The number of nitrogens with one attached hydrogen (secondary N) is 3. The van der Waals surface area contributed by atoms with E-state index in [-0.39, 0.29) is 6.42 Å². The van der Waals surface area contributed by atoms with Gasteiger partial charge in [-0.15, -0.1) is 0 Å². The Morgan fingerprint density at radius 2 is 1.44 bits per heavy atom. The Kier molecular flexibility index (Phi) is 10.0. The average molecular weight is 390 g/mol. The first kappa shape index (κ1) is 23.8. The van der Waals surface area contributed by atoms with Gasteiger partial charge in [0.05, 0.1) is 12.5 Å². The van der Waals surface area contributed by atoms with Crippen LogP contribution in [-0.4, -0.2) is 75.6 Å². The lowest BCUT2D eigenvalue weighted by Crippen LogP contribution is -2.48. The zero-order chi connectivity index (χ0) is 21.1. The monoisotopic (exact) mass is 390 g/mol. The maximum absolute atomic E-state index is 11.8. The lowest BCUT2D eigenvalue weighted by Gasteiger charge is -2.17. The fourth-order valence-corrected chi connectivity index (χ4v) is 1.73. The molecule has 152 valence electrons. The third kappa shape index (κ3) is 10.4. The van der Waals surface area contributed by atoms with E-state index < -0.39 is 73.1 Å². The Bertz CT molecular complexity index is 605. The molecular formula is C14H22N4O9. The van der Waals surface area contributed by atoms with Crippen LogP contribution in [0, 0.1) is 0 Å². The largest absolute Gasteiger partial charge is 0.480 e. The van der Waals surface area contributed by atoms with Gasteiger partial charge in [0, 0.05) is 6.42 Å². The number of hydrogen-bond donors (Lipinski definition) is 7. The second-order valence-electron chi connectivity index (χ2n) is 5.56. The van der Waals surface area contributed by atoms with Crippen LogP contribution in [0.25, 0.3) is 0 Å². The van der Waals surface area contributed by atoms with E-state index in [1.807, 2.05) is 10.6 Å². The van der Waals surface area contributed by atoms with Crippen LogP contribution in [0.4, 0.5) is 0 Å². The van der Waals surface area contributed by atoms with Crippen molar-refractivity contribution in [1.82, 2.24) is 16.0 Å². The van der Waals surface area contributed by atoms with Crippen LogP contribution in [0.2, 0.25) is 0 Å². The summed E-state index contributed by atoms with van der Waals surface area (Å²) in [7, 11) is 0. The number of aliphatic carboxylic acids is 3. The van der Waals surface area contributed by atoms with Gasteiger partial charge in [0.2, 0.25) is 17.7 Å². The molecule has 0 aromatic heterocycles. The van der Waals surface area contributed by atoms with Crippen LogP contribution in [-0.2, 0) is 28.8 Å². The molecule has 0 bridgehead atoms. The number of hydrogen-bond acceptors (Lipinski definition) is 7. The molecule has 0 radical (unpaired) electrons. The van der Waals surface area contributed by atoms with Gasteiger partial charge in [-0.05, 0) is 13.3 Å². The molecule has 0 saturated carbocycles. The number of carbonyl (C=O) groups excluding carboxylic acids is 3. The quantitative estimate of drug-likeness (QED) is 0.177. The summed E-state index contributed by atoms with van der Waals surface area (Å²) in [6.45, 7) is 0.631. The highest BCUT2D eigenvalue weighted by molar-refractivity contribution is 5.90. The van der Waals surface area contributed by atoms with Gasteiger partial charge in [0.1, 0.15) is 18.6 Å². The highest BCUT2D eigenvalue weighted by Gasteiger charge is 2.26. The first-order valence-corrected chi connectivity index (χ1v) is 7.73. The van der Waals surface area contributed by atoms with E-state index in [1.54, 1.807) is 0 Å². The van der Waals surface area contributed by atoms with E-state index in [0.29, 0.717) is 0 Å². The van der Waals surface area contributed by atoms with E-state index in [1.165, 1.54) is 6.92 Å². The van der Waals surface area contributed by atoms with Crippen LogP contribution >= 0.6 is 0 Å². The molecule has 0 aliphatic rings. The minimum atomic E-state index is -1.63. The lowest BCUT2D eigenvalue weighted by molar-refractivity contribution is -0.144. The summed E-state index contributed by atoms with van der Waals surface area (Å²) in [5.74, 6) is -6.77. The first-order valence-electron chi connectivity index (χ1n) is 7.73. The molecule has 3 amide bonds.